The first kappa shape index (κ1) is 12.0. The lowest BCUT2D eigenvalue weighted by Crippen LogP contribution is -2.29. The zero-order valence-electron chi connectivity index (χ0n) is 10.9. The average Bonchev–Trinajstić information content (AvgIpc) is 2.94. The Morgan fingerprint density at radius 3 is 3.11 bits per heavy atom. The number of carbonyl (C=O) groups excluding carboxylic acids is 1. The number of para-hydroxylation sites is 1. The Kier molecular flexibility index (Phi) is 3.36. The van der Waals surface area contributed by atoms with Crippen molar-refractivity contribution >= 4 is 16.8 Å². The zero-order valence-corrected chi connectivity index (χ0v) is 10.9. The van der Waals surface area contributed by atoms with Gasteiger partial charge >= 0.3 is 0 Å². The number of fused-ring (bicyclic) bond motifs is 1. The third kappa shape index (κ3) is 2.55. The SMILES string of the molecule is O=C(NCC1CC=CCC1)c1cccc2cc[nH]c12. The van der Waals surface area contributed by atoms with Crippen molar-refractivity contribution in [3.8, 4) is 0 Å². The van der Waals surface area contributed by atoms with Crippen LogP contribution in [-0.2, 0) is 0 Å². The molecule has 0 saturated carbocycles. The molecule has 1 aromatic heterocycles. The van der Waals surface area contributed by atoms with Crippen LogP contribution >= 0.6 is 0 Å². The van der Waals surface area contributed by atoms with Gasteiger partial charge in [-0.05, 0) is 37.3 Å². The number of carbonyl (C=O) groups is 1. The summed E-state index contributed by atoms with van der Waals surface area (Å²) in [5, 5.41) is 4.13. The summed E-state index contributed by atoms with van der Waals surface area (Å²) in [5.41, 5.74) is 1.65. The van der Waals surface area contributed by atoms with Crippen molar-refractivity contribution in [2.75, 3.05) is 6.54 Å². The molecular formula is C16H18N2O. The van der Waals surface area contributed by atoms with E-state index in [1.807, 2.05) is 30.5 Å². The van der Waals surface area contributed by atoms with Crippen LogP contribution in [0.2, 0.25) is 0 Å². The molecule has 1 unspecified atom stereocenters. The maximum atomic E-state index is 12.3. The molecule has 0 fully saturated rings. The molecule has 19 heavy (non-hydrogen) atoms. The molecule has 98 valence electrons. The highest BCUT2D eigenvalue weighted by atomic mass is 16.1. The molecule has 0 bridgehead atoms. The van der Waals surface area contributed by atoms with Crippen LogP contribution in [0.25, 0.3) is 10.9 Å². The Bertz CT molecular complexity index is 612. The molecule has 2 N–H and O–H groups in total. The lowest BCUT2D eigenvalue weighted by Gasteiger charge is -2.18. The van der Waals surface area contributed by atoms with E-state index >= 15 is 0 Å². The Hall–Kier alpha value is -2.03. The van der Waals surface area contributed by atoms with E-state index in [-0.39, 0.29) is 5.91 Å². The number of benzene rings is 1. The fourth-order valence-corrected chi connectivity index (χ4v) is 2.65. The fourth-order valence-electron chi connectivity index (χ4n) is 2.65. The minimum Gasteiger partial charge on any atom is -0.361 e. The van der Waals surface area contributed by atoms with Gasteiger partial charge in [-0.2, -0.15) is 0 Å². The summed E-state index contributed by atoms with van der Waals surface area (Å²) >= 11 is 0. The second kappa shape index (κ2) is 5.31. The molecule has 1 amide bonds. The summed E-state index contributed by atoms with van der Waals surface area (Å²) in [6.07, 6.45) is 9.68. The van der Waals surface area contributed by atoms with Crippen molar-refractivity contribution in [1.29, 1.82) is 0 Å². The quantitative estimate of drug-likeness (QED) is 0.811. The smallest absolute Gasteiger partial charge is 0.253 e. The molecule has 0 aliphatic heterocycles. The van der Waals surface area contributed by atoms with Gasteiger partial charge in [0.2, 0.25) is 0 Å². The van der Waals surface area contributed by atoms with Crippen molar-refractivity contribution in [2.45, 2.75) is 19.3 Å². The van der Waals surface area contributed by atoms with Crippen molar-refractivity contribution < 1.29 is 4.79 Å². The van der Waals surface area contributed by atoms with Crippen LogP contribution in [0.1, 0.15) is 29.6 Å². The van der Waals surface area contributed by atoms with Crippen molar-refractivity contribution in [1.82, 2.24) is 10.3 Å². The van der Waals surface area contributed by atoms with E-state index < -0.39 is 0 Å². The molecule has 2 aromatic rings. The number of hydrogen-bond donors (Lipinski definition) is 2. The van der Waals surface area contributed by atoms with E-state index in [2.05, 4.69) is 22.5 Å². The van der Waals surface area contributed by atoms with E-state index in [9.17, 15) is 4.79 Å². The topological polar surface area (TPSA) is 44.9 Å². The molecule has 1 aliphatic rings. The van der Waals surface area contributed by atoms with Crippen LogP contribution in [0.15, 0.2) is 42.6 Å². The van der Waals surface area contributed by atoms with Gasteiger partial charge in [0.05, 0.1) is 11.1 Å². The molecule has 0 saturated heterocycles. The standard InChI is InChI=1S/C16H18N2O/c19-16(18-11-12-5-2-1-3-6-12)14-8-4-7-13-9-10-17-15(13)14/h1-2,4,7-10,12,17H,3,5-6,11H2,(H,18,19). The average molecular weight is 254 g/mol. The van der Waals surface area contributed by atoms with Gasteiger partial charge in [-0.3, -0.25) is 4.79 Å². The summed E-state index contributed by atoms with van der Waals surface area (Å²) in [7, 11) is 0. The first-order valence-electron chi connectivity index (χ1n) is 6.84. The predicted molar refractivity (Wildman–Crippen MR) is 77.1 cm³/mol. The molecule has 3 rings (SSSR count). The van der Waals surface area contributed by atoms with Crippen molar-refractivity contribution in [3.63, 3.8) is 0 Å². The molecule has 3 nitrogen and oxygen atoms in total. The summed E-state index contributed by atoms with van der Waals surface area (Å²) in [6.45, 7) is 0.764. The van der Waals surface area contributed by atoms with Gasteiger partial charge in [0.15, 0.2) is 0 Å². The van der Waals surface area contributed by atoms with E-state index in [4.69, 9.17) is 0 Å². The molecule has 1 aromatic carbocycles. The van der Waals surface area contributed by atoms with Crippen molar-refractivity contribution in [2.24, 2.45) is 5.92 Å². The predicted octanol–water partition coefficient (Wildman–Crippen LogP) is 3.25. The normalized spacial score (nSPS) is 18.6. The van der Waals surface area contributed by atoms with E-state index in [1.54, 1.807) is 0 Å². The maximum Gasteiger partial charge on any atom is 0.253 e. The van der Waals surface area contributed by atoms with Crippen molar-refractivity contribution in [3.05, 3.63) is 48.2 Å². The lowest BCUT2D eigenvalue weighted by molar-refractivity contribution is 0.0948. The highest BCUT2D eigenvalue weighted by Gasteiger charge is 2.14. The van der Waals surface area contributed by atoms with Crippen LogP contribution < -0.4 is 5.32 Å². The highest BCUT2D eigenvalue weighted by Crippen LogP contribution is 2.19. The Morgan fingerprint density at radius 2 is 2.26 bits per heavy atom. The number of aromatic amines is 1. The van der Waals surface area contributed by atoms with Gasteiger partial charge in [-0.1, -0.05) is 24.3 Å². The lowest BCUT2D eigenvalue weighted by atomic mass is 9.94. The summed E-state index contributed by atoms with van der Waals surface area (Å²) in [6, 6.07) is 7.79. The van der Waals surface area contributed by atoms with Gasteiger partial charge in [0.1, 0.15) is 0 Å². The first-order chi connectivity index (χ1) is 9.34. The number of H-pyrrole nitrogens is 1. The summed E-state index contributed by atoms with van der Waals surface area (Å²) in [5.74, 6) is 0.597. The maximum absolute atomic E-state index is 12.3. The molecule has 1 atom stereocenters. The van der Waals surface area contributed by atoms with Crippen LogP contribution in [0.4, 0.5) is 0 Å². The second-order valence-corrected chi connectivity index (χ2v) is 5.11. The van der Waals surface area contributed by atoms with Crippen LogP contribution in [0.5, 0.6) is 0 Å². The van der Waals surface area contributed by atoms with E-state index in [0.29, 0.717) is 5.92 Å². The molecule has 0 spiro atoms. The largest absolute Gasteiger partial charge is 0.361 e. The number of amides is 1. The molecule has 1 heterocycles. The van der Waals surface area contributed by atoms with Gasteiger partial charge in [0.25, 0.3) is 5.91 Å². The van der Waals surface area contributed by atoms with Crippen LogP contribution in [0, 0.1) is 5.92 Å². The third-order valence-corrected chi connectivity index (χ3v) is 3.76. The van der Waals surface area contributed by atoms with Crippen LogP contribution in [-0.4, -0.2) is 17.4 Å². The molecule has 0 radical (unpaired) electrons. The first-order valence-corrected chi connectivity index (χ1v) is 6.84. The van der Waals surface area contributed by atoms with E-state index in [1.165, 1.54) is 6.42 Å². The number of aromatic nitrogens is 1. The number of nitrogens with one attached hydrogen (secondary N) is 2. The highest BCUT2D eigenvalue weighted by molar-refractivity contribution is 6.05. The number of hydrogen-bond acceptors (Lipinski definition) is 1. The fraction of sp³-hybridized carbons (Fsp3) is 0.312. The number of allylic oxidation sites excluding steroid dienone is 2. The monoisotopic (exact) mass is 254 g/mol. The minimum atomic E-state index is 0.0163. The number of rotatable bonds is 3. The van der Waals surface area contributed by atoms with Gasteiger partial charge in [0, 0.05) is 18.1 Å². The van der Waals surface area contributed by atoms with Gasteiger partial charge in [-0.15, -0.1) is 0 Å². The second-order valence-electron chi connectivity index (χ2n) is 5.11. The van der Waals surface area contributed by atoms with Gasteiger partial charge in [-0.25, -0.2) is 0 Å². The summed E-state index contributed by atoms with van der Waals surface area (Å²) in [4.78, 5) is 15.4. The molecule has 3 heteroatoms. The molecule has 1 aliphatic carbocycles. The Balaban J connectivity index is 1.70. The third-order valence-electron chi connectivity index (χ3n) is 3.76. The molecular weight excluding hydrogens is 236 g/mol. The zero-order chi connectivity index (χ0) is 13.1. The summed E-state index contributed by atoms with van der Waals surface area (Å²) < 4.78 is 0. The van der Waals surface area contributed by atoms with Gasteiger partial charge < -0.3 is 10.3 Å². The van der Waals surface area contributed by atoms with Crippen LogP contribution in [0.3, 0.4) is 0 Å². The Labute approximate surface area is 112 Å². The van der Waals surface area contributed by atoms with E-state index in [0.717, 1.165) is 35.9 Å². The Morgan fingerprint density at radius 1 is 1.32 bits per heavy atom. The minimum absolute atomic E-state index is 0.0163.